The van der Waals surface area contributed by atoms with Crippen LogP contribution in [0.15, 0.2) is 30.3 Å². The summed E-state index contributed by atoms with van der Waals surface area (Å²) in [5.41, 5.74) is 6.03. The molecule has 6 heteroatoms. The third-order valence-electron chi connectivity index (χ3n) is 2.50. The quantitative estimate of drug-likeness (QED) is 0.513. The Kier molecular flexibility index (Phi) is 5.30. The zero-order valence-electron chi connectivity index (χ0n) is 10.4. The van der Waals surface area contributed by atoms with Gasteiger partial charge in [0.15, 0.2) is 0 Å². The molecule has 1 aromatic rings. The molecule has 0 fully saturated rings. The molecule has 0 aliphatic carbocycles. The van der Waals surface area contributed by atoms with Crippen LogP contribution in [0.25, 0.3) is 0 Å². The molecule has 0 aromatic heterocycles. The molecule has 4 N–H and O–H groups in total. The molecule has 0 spiro atoms. The van der Waals surface area contributed by atoms with Crippen LogP contribution in [0.1, 0.15) is 25.3 Å². The smallest absolute Gasteiger partial charge is 0.216 e. The summed E-state index contributed by atoms with van der Waals surface area (Å²) >= 11 is 0. The summed E-state index contributed by atoms with van der Waals surface area (Å²) in [6.07, 6.45) is 0.845. The molecule has 0 saturated carbocycles. The fraction of sp³-hybridized carbons (Fsp3) is 0.417. The lowest BCUT2D eigenvalue weighted by Crippen LogP contribution is -2.37. The lowest BCUT2D eigenvalue weighted by Gasteiger charge is -2.16. The molecule has 0 aliphatic heterocycles. The molecule has 18 heavy (non-hydrogen) atoms. The number of rotatable bonds is 7. The number of benzene rings is 1. The second-order valence-electron chi connectivity index (χ2n) is 4.20. The van der Waals surface area contributed by atoms with E-state index in [1.54, 1.807) is 24.3 Å². The first kappa shape index (κ1) is 14.7. The first-order valence-electron chi connectivity index (χ1n) is 5.79. The fourth-order valence-corrected chi connectivity index (χ4v) is 3.10. The Morgan fingerprint density at radius 2 is 2.00 bits per heavy atom. The van der Waals surface area contributed by atoms with Crippen LogP contribution >= 0.6 is 0 Å². The third-order valence-corrected chi connectivity index (χ3v) is 3.91. The summed E-state index contributed by atoms with van der Waals surface area (Å²) in [5.74, 6) is -0.0633. The summed E-state index contributed by atoms with van der Waals surface area (Å²) in [5, 5.41) is 7.20. The van der Waals surface area contributed by atoms with Gasteiger partial charge < -0.3 is 5.73 Å². The SMILES string of the molecule is CCC(CC(=N)N)NS(=O)(=O)Cc1ccccc1. The Bertz CT molecular complexity index is 485. The topological polar surface area (TPSA) is 96.0 Å². The molecule has 0 heterocycles. The van der Waals surface area contributed by atoms with Gasteiger partial charge in [-0.15, -0.1) is 0 Å². The first-order valence-corrected chi connectivity index (χ1v) is 7.45. The zero-order valence-corrected chi connectivity index (χ0v) is 11.2. The van der Waals surface area contributed by atoms with Gasteiger partial charge in [0.25, 0.3) is 0 Å². The fourth-order valence-electron chi connectivity index (χ4n) is 1.62. The van der Waals surface area contributed by atoms with Crippen LogP contribution < -0.4 is 10.5 Å². The molecule has 5 nitrogen and oxygen atoms in total. The normalized spacial score (nSPS) is 13.2. The summed E-state index contributed by atoms with van der Waals surface area (Å²) in [6, 6.07) is 8.68. The lowest BCUT2D eigenvalue weighted by atomic mass is 10.1. The number of nitrogens with one attached hydrogen (secondary N) is 2. The highest BCUT2D eigenvalue weighted by Gasteiger charge is 2.17. The Morgan fingerprint density at radius 1 is 1.39 bits per heavy atom. The maximum absolute atomic E-state index is 11.9. The third kappa shape index (κ3) is 5.29. The Labute approximate surface area is 108 Å². The van der Waals surface area contributed by atoms with Crippen molar-refractivity contribution >= 4 is 15.9 Å². The van der Waals surface area contributed by atoms with Crippen LogP contribution in [0.4, 0.5) is 0 Å². The number of hydrogen-bond acceptors (Lipinski definition) is 3. The highest BCUT2D eigenvalue weighted by molar-refractivity contribution is 7.88. The second kappa shape index (κ2) is 6.51. The number of sulfonamides is 1. The molecule has 0 saturated heterocycles. The monoisotopic (exact) mass is 269 g/mol. The van der Waals surface area contributed by atoms with Gasteiger partial charge in [0.2, 0.25) is 10.0 Å². The van der Waals surface area contributed by atoms with Gasteiger partial charge in [0.05, 0.1) is 11.6 Å². The van der Waals surface area contributed by atoms with Gasteiger partial charge in [0, 0.05) is 12.5 Å². The van der Waals surface area contributed by atoms with Gasteiger partial charge in [-0.05, 0) is 12.0 Å². The lowest BCUT2D eigenvalue weighted by molar-refractivity contribution is 0.544. The highest BCUT2D eigenvalue weighted by atomic mass is 32.2. The number of hydrogen-bond donors (Lipinski definition) is 3. The van der Waals surface area contributed by atoms with Gasteiger partial charge >= 0.3 is 0 Å². The molecule has 0 bridgehead atoms. The molecule has 1 rings (SSSR count). The maximum atomic E-state index is 11.9. The van der Waals surface area contributed by atoms with Crippen molar-refractivity contribution in [2.24, 2.45) is 5.73 Å². The summed E-state index contributed by atoms with van der Waals surface area (Å²) in [6.45, 7) is 1.86. The molecule has 0 radical (unpaired) electrons. The van der Waals surface area contributed by atoms with Crippen LogP contribution in [0.3, 0.4) is 0 Å². The van der Waals surface area contributed by atoms with Crippen molar-refractivity contribution in [3.63, 3.8) is 0 Å². The number of amidine groups is 1. The summed E-state index contributed by atoms with van der Waals surface area (Å²) < 4.78 is 26.4. The molecule has 1 atom stereocenters. The van der Waals surface area contributed by atoms with Gasteiger partial charge in [-0.3, -0.25) is 5.41 Å². The molecular formula is C12H19N3O2S. The molecule has 0 aliphatic rings. The van der Waals surface area contributed by atoms with Gasteiger partial charge in [-0.1, -0.05) is 37.3 Å². The van der Waals surface area contributed by atoms with Crippen molar-refractivity contribution in [3.05, 3.63) is 35.9 Å². The van der Waals surface area contributed by atoms with Crippen LogP contribution in [-0.4, -0.2) is 20.3 Å². The van der Waals surface area contributed by atoms with E-state index < -0.39 is 10.0 Å². The molecule has 1 aromatic carbocycles. The average Bonchev–Trinajstić information content (AvgIpc) is 2.27. The van der Waals surface area contributed by atoms with Crippen molar-refractivity contribution in [1.82, 2.24) is 4.72 Å². The zero-order chi connectivity index (χ0) is 13.6. The van der Waals surface area contributed by atoms with Crippen molar-refractivity contribution < 1.29 is 8.42 Å². The van der Waals surface area contributed by atoms with E-state index in [1.165, 1.54) is 0 Å². The van der Waals surface area contributed by atoms with Crippen molar-refractivity contribution in [2.45, 2.75) is 31.6 Å². The average molecular weight is 269 g/mol. The van der Waals surface area contributed by atoms with E-state index in [1.807, 2.05) is 13.0 Å². The van der Waals surface area contributed by atoms with Crippen LogP contribution in [0.2, 0.25) is 0 Å². The summed E-state index contributed by atoms with van der Waals surface area (Å²) in [4.78, 5) is 0. The van der Waals surface area contributed by atoms with Crippen LogP contribution in [0.5, 0.6) is 0 Å². The van der Waals surface area contributed by atoms with Gasteiger partial charge in [-0.2, -0.15) is 0 Å². The van der Waals surface area contributed by atoms with Crippen molar-refractivity contribution in [3.8, 4) is 0 Å². The van der Waals surface area contributed by atoms with Crippen LogP contribution in [0, 0.1) is 5.41 Å². The number of nitrogens with two attached hydrogens (primary N) is 1. The largest absolute Gasteiger partial charge is 0.388 e. The Hall–Kier alpha value is -1.40. The van der Waals surface area contributed by atoms with Crippen molar-refractivity contribution in [2.75, 3.05) is 0 Å². The molecule has 1 unspecified atom stereocenters. The standard InChI is InChI=1S/C12H19N3O2S/c1-2-11(8-12(13)14)15-18(16,17)9-10-6-4-3-5-7-10/h3-7,11,15H,2,8-9H2,1H3,(H3,13,14). The minimum atomic E-state index is -3.39. The molecule has 0 amide bonds. The predicted molar refractivity (Wildman–Crippen MR) is 72.8 cm³/mol. The highest BCUT2D eigenvalue weighted by Crippen LogP contribution is 2.07. The predicted octanol–water partition coefficient (Wildman–Crippen LogP) is 1.21. The molecular weight excluding hydrogens is 250 g/mol. The summed E-state index contributed by atoms with van der Waals surface area (Å²) in [7, 11) is -3.39. The van der Waals surface area contributed by atoms with Crippen molar-refractivity contribution in [1.29, 1.82) is 5.41 Å². The van der Waals surface area contributed by atoms with E-state index >= 15 is 0 Å². The second-order valence-corrected chi connectivity index (χ2v) is 5.95. The van der Waals surface area contributed by atoms with Gasteiger partial charge in [-0.25, -0.2) is 13.1 Å². The van der Waals surface area contributed by atoms with E-state index in [-0.39, 0.29) is 24.1 Å². The Morgan fingerprint density at radius 3 is 2.50 bits per heavy atom. The van der Waals surface area contributed by atoms with E-state index in [0.717, 1.165) is 5.56 Å². The maximum Gasteiger partial charge on any atom is 0.216 e. The van der Waals surface area contributed by atoms with E-state index in [9.17, 15) is 8.42 Å². The molecule has 100 valence electrons. The van der Waals surface area contributed by atoms with E-state index in [2.05, 4.69) is 4.72 Å². The minimum absolute atomic E-state index is 0.00994. The van der Waals surface area contributed by atoms with E-state index in [0.29, 0.717) is 6.42 Å². The first-order chi connectivity index (χ1) is 8.43. The minimum Gasteiger partial charge on any atom is -0.388 e. The van der Waals surface area contributed by atoms with Crippen LogP contribution in [-0.2, 0) is 15.8 Å². The van der Waals surface area contributed by atoms with E-state index in [4.69, 9.17) is 11.1 Å². The van der Waals surface area contributed by atoms with Gasteiger partial charge in [0.1, 0.15) is 0 Å². The Balaban J connectivity index is 2.66.